The lowest BCUT2D eigenvalue weighted by Gasteiger charge is -2.11. The molecular formula is C16H20N2O4S2. The Hall–Kier alpha value is -1.77. The Balaban J connectivity index is 2.03. The number of benzene rings is 1. The molecule has 0 saturated carbocycles. The fourth-order valence-corrected chi connectivity index (χ4v) is 3.78. The summed E-state index contributed by atoms with van der Waals surface area (Å²) >= 11 is 1.44. The van der Waals surface area contributed by atoms with Gasteiger partial charge in [0.05, 0.1) is 16.8 Å². The second-order valence-electron chi connectivity index (χ2n) is 5.12. The Morgan fingerprint density at radius 1 is 1.29 bits per heavy atom. The fraction of sp³-hybridized carbons (Fsp3) is 0.312. The van der Waals surface area contributed by atoms with Crippen molar-refractivity contribution < 1.29 is 17.6 Å². The minimum Gasteiger partial charge on any atom is -0.469 e. The van der Waals surface area contributed by atoms with Crippen molar-refractivity contribution >= 4 is 33.4 Å². The van der Waals surface area contributed by atoms with E-state index >= 15 is 0 Å². The molecule has 0 bridgehead atoms. The van der Waals surface area contributed by atoms with Crippen molar-refractivity contribution in [2.24, 2.45) is 0 Å². The maximum Gasteiger partial charge on any atom is 0.240 e. The molecule has 1 aromatic carbocycles. The number of hydrogen-bond donors (Lipinski definition) is 2. The molecule has 2 rings (SSSR count). The van der Waals surface area contributed by atoms with Gasteiger partial charge in [0.1, 0.15) is 5.76 Å². The maximum atomic E-state index is 12.4. The first kappa shape index (κ1) is 18.6. The monoisotopic (exact) mass is 368 g/mol. The lowest BCUT2D eigenvalue weighted by atomic mass is 10.2. The first-order valence-electron chi connectivity index (χ1n) is 7.40. The zero-order valence-electron chi connectivity index (χ0n) is 13.5. The molecule has 24 heavy (non-hydrogen) atoms. The van der Waals surface area contributed by atoms with Crippen molar-refractivity contribution in [3.63, 3.8) is 0 Å². The number of aryl methyl sites for hydroxylation is 1. The number of anilines is 1. The van der Waals surface area contributed by atoms with Crippen LogP contribution in [-0.2, 0) is 21.2 Å². The van der Waals surface area contributed by atoms with E-state index in [4.69, 9.17) is 4.42 Å². The molecule has 8 heteroatoms. The van der Waals surface area contributed by atoms with Crippen LogP contribution in [-0.4, -0.2) is 27.1 Å². The average molecular weight is 368 g/mol. The number of sulfonamides is 1. The minimum atomic E-state index is -3.63. The summed E-state index contributed by atoms with van der Waals surface area (Å²) in [6.45, 7) is 1.70. The SMILES string of the molecule is CSc1ccc(S(=O)(=O)NCCCc2ccco2)cc1NC(C)=O. The summed E-state index contributed by atoms with van der Waals surface area (Å²) in [6, 6.07) is 8.35. The van der Waals surface area contributed by atoms with Gasteiger partial charge in [0.2, 0.25) is 15.9 Å². The molecule has 0 unspecified atom stereocenters. The first-order chi connectivity index (χ1) is 11.4. The van der Waals surface area contributed by atoms with Crippen molar-refractivity contribution in [1.29, 1.82) is 0 Å². The van der Waals surface area contributed by atoms with Crippen LogP contribution in [0, 0.1) is 0 Å². The summed E-state index contributed by atoms with van der Waals surface area (Å²) in [5.41, 5.74) is 0.494. The standard InChI is InChI=1S/C16H20N2O4S2/c1-12(19)18-15-11-14(7-8-16(15)23-2)24(20,21)17-9-3-5-13-6-4-10-22-13/h4,6-8,10-11,17H,3,5,9H2,1-2H3,(H,18,19). The molecular weight excluding hydrogens is 348 g/mol. The smallest absolute Gasteiger partial charge is 0.240 e. The number of thioether (sulfide) groups is 1. The number of carbonyl (C=O) groups excluding carboxylic acids is 1. The molecule has 0 saturated heterocycles. The summed E-state index contributed by atoms with van der Waals surface area (Å²) < 4.78 is 32.5. The molecule has 0 aliphatic heterocycles. The van der Waals surface area contributed by atoms with Crippen LogP contribution in [0.2, 0.25) is 0 Å². The van der Waals surface area contributed by atoms with Crippen LogP contribution in [0.3, 0.4) is 0 Å². The van der Waals surface area contributed by atoms with E-state index in [-0.39, 0.29) is 10.8 Å². The second kappa shape index (κ2) is 8.36. The second-order valence-corrected chi connectivity index (χ2v) is 7.74. The van der Waals surface area contributed by atoms with Gasteiger partial charge in [0, 0.05) is 24.8 Å². The van der Waals surface area contributed by atoms with Crippen molar-refractivity contribution in [2.45, 2.75) is 29.6 Å². The number of furan rings is 1. The van der Waals surface area contributed by atoms with Gasteiger partial charge in [-0.05, 0) is 43.0 Å². The highest BCUT2D eigenvalue weighted by molar-refractivity contribution is 7.98. The van der Waals surface area contributed by atoms with Gasteiger partial charge in [0.15, 0.2) is 0 Å². The van der Waals surface area contributed by atoms with Gasteiger partial charge in [-0.15, -0.1) is 11.8 Å². The molecule has 1 heterocycles. The highest BCUT2D eigenvalue weighted by atomic mass is 32.2. The Labute approximate surface area is 146 Å². The summed E-state index contributed by atoms with van der Waals surface area (Å²) in [4.78, 5) is 12.2. The van der Waals surface area contributed by atoms with Crippen molar-refractivity contribution in [1.82, 2.24) is 4.72 Å². The highest BCUT2D eigenvalue weighted by Gasteiger charge is 2.16. The van der Waals surface area contributed by atoms with Crippen molar-refractivity contribution in [2.75, 3.05) is 18.1 Å². The summed E-state index contributed by atoms with van der Waals surface area (Å²) in [7, 11) is -3.63. The average Bonchev–Trinajstić information content (AvgIpc) is 3.04. The van der Waals surface area contributed by atoms with Gasteiger partial charge >= 0.3 is 0 Å². The van der Waals surface area contributed by atoms with Crippen LogP contribution in [0.15, 0.2) is 50.8 Å². The molecule has 6 nitrogen and oxygen atoms in total. The molecule has 1 amide bonds. The molecule has 1 aromatic heterocycles. The van der Waals surface area contributed by atoms with Crippen LogP contribution in [0.25, 0.3) is 0 Å². The lowest BCUT2D eigenvalue weighted by molar-refractivity contribution is -0.114. The predicted octanol–water partition coefficient (Wildman–Crippen LogP) is 2.87. The van der Waals surface area contributed by atoms with Gasteiger partial charge in [-0.2, -0.15) is 0 Å². The molecule has 0 radical (unpaired) electrons. The number of nitrogens with one attached hydrogen (secondary N) is 2. The van der Waals surface area contributed by atoms with Crippen LogP contribution in [0.5, 0.6) is 0 Å². The van der Waals surface area contributed by atoms with Crippen molar-refractivity contribution in [3.8, 4) is 0 Å². The quantitative estimate of drug-likeness (QED) is 0.552. The normalized spacial score (nSPS) is 11.4. The molecule has 0 spiro atoms. The molecule has 2 N–H and O–H groups in total. The largest absolute Gasteiger partial charge is 0.469 e. The maximum absolute atomic E-state index is 12.4. The minimum absolute atomic E-state index is 0.127. The Morgan fingerprint density at radius 2 is 2.08 bits per heavy atom. The van der Waals surface area contributed by atoms with Gasteiger partial charge < -0.3 is 9.73 Å². The Bertz CT molecular complexity index is 786. The highest BCUT2D eigenvalue weighted by Crippen LogP contribution is 2.28. The predicted molar refractivity (Wildman–Crippen MR) is 94.7 cm³/mol. The van der Waals surface area contributed by atoms with E-state index in [1.807, 2.05) is 12.3 Å². The number of hydrogen-bond acceptors (Lipinski definition) is 5. The molecule has 2 aromatic rings. The fourth-order valence-electron chi connectivity index (χ4n) is 2.15. The Kier molecular flexibility index (Phi) is 6.47. The number of carbonyl (C=O) groups is 1. The van der Waals surface area contributed by atoms with Crippen LogP contribution < -0.4 is 10.0 Å². The van der Waals surface area contributed by atoms with Gasteiger partial charge in [-0.3, -0.25) is 4.79 Å². The first-order valence-corrected chi connectivity index (χ1v) is 10.1. The number of rotatable bonds is 8. The van der Waals surface area contributed by atoms with Crippen LogP contribution in [0.4, 0.5) is 5.69 Å². The summed E-state index contributed by atoms with van der Waals surface area (Å²) in [5.74, 6) is 0.581. The molecule has 130 valence electrons. The summed E-state index contributed by atoms with van der Waals surface area (Å²) in [5, 5.41) is 2.66. The Morgan fingerprint density at radius 3 is 2.71 bits per heavy atom. The van der Waals surface area contributed by atoms with E-state index in [0.29, 0.717) is 25.1 Å². The van der Waals surface area contributed by atoms with Crippen LogP contribution >= 0.6 is 11.8 Å². The van der Waals surface area contributed by atoms with Crippen LogP contribution in [0.1, 0.15) is 19.1 Å². The van der Waals surface area contributed by atoms with Gasteiger partial charge in [0.25, 0.3) is 0 Å². The zero-order valence-corrected chi connectivity index (χ0v) is 15.2. The zero-order chi connectivity index (χ0) is 17.6. The lowest BCUT2D eigenvalue weighted by Crippen LogP contribution is -2.25. The van der Waals surface area contributed by atoms with E-state index in [9.17, 15) is 13.2 Å². The van der Waals surface area contributed by atoms with E-state index in [1.165, 1.54) is 30.8 Å². The van der Waals surface area contributed by atoms with E-state index in [2.05, 4.69) is 10.0 Å². The third kappa shape index (κ3) is 5.12. The van der Waals surface area contributed by atoms with E-state index in [1.54, 1.807) is 18.4 Å². The van der Waals surface area contributed by atoms with E-state index < -0.39 is 10.0 Å². The van der Waals surface area contributed by atoms with Gasteiger partial charge in [-0.1, -0.05) is 0 Å². The summed E-state index contributed by atoms with van der Waals surface area (Å²) in [6.07, 6.45) is 4.75. The third-order valence-corrected chi connectivity index (χ3v) is 5.52. The third-order valence-electron chi connectivity index (χ3n) is 3.26. The molecule has 0 fully saturated rings. The van der Waals surface area contributed by atoms with E-state index in [0.717, 1.165) is 10.7 Å². The molecule has 0 aliphatic carbocycles. The van der Waals surface area contributed by atoms with Gasteiger partial charge in [-0.25, -0.2) is 13.1 Å². The number of amides is 1. The van der Waals surface area contributed by atoms with Crippen molar-refractivity contribution in [3.05, 3.63) is 42.4 Å². The molecule has 0 aliphatic rings. The topological polar surface area (TPSA) is 88.4 Å². The molecule has 0 atom stereocenters.